The van der Waals surface area contributed by atoms with E-state index in [1.165, 1.54) is 0 Å². The number of aliphatic carboxylic acids is 1. The van der Waals surface area contributed by atoms with Crippen LogP contribution in [-0.2, 0) is 4.79 Å². The second-order valence-electron chi connectivity index (χ2n) is 5.37. The predicted octanol–water partition coefficient (Wildman–Crippen LogP) is 2.60. The molecule has 2 atom stereocenters. The quantitative estimate of drug-likeness (QED) is 0.785. The van der Waals surface area contributed by atoms with E-state index in [0.717, 1.165) is 17.3 Å². The number of carbonyl (C=O) groups excluding carboxylic acids is 1. The van der Waals surface area contributed by atoms with Gasteiger partial charge in [0.15, 0.2) is 0 Å². The van der Waals surface area contributed by atoms with Crippen molar-refractivity contribution in [1.29, 1.82) is 0 Å². The van der Waals surface area contributed by atoms with Gasteiger partial charge >= 0.3 is 5.97 Å². The molecule has 5 nitrogen and oxygen atoms in total. The summed E-state index contributed by atoms with van der Waals surface area (Å²) >= 11 is 3.34. The molecule has 1 saturated carbocycles. The van der Waals surface area contributed by atoms with E-state index in [4.69, 9.17) is 5.73 Å². The molecule has 1 aromatic rings. The normalized spacial score (nSPS) is 25.4. The summed E-state index contributed by atoms with van der Waals surface area (Å²) in [5.74, 6) is -1.35. The number of hydrogen-bond donors (Lipinski definition) is 3. The summed E-state index contributed by atoms with van der Waals surface area (Å²) in [6, 6.07) is 4.89. The van der Waals surface area contributed by atoms with E-state index in [9.17, 15) is 14.7 Å². The van der Waals surface area contributed by atoms with E-state index in [1.54, 1.807) is 25.1 Å². The summed E-state index contributed by atoms with van der Waals surface area (Å²) in [6.45, 7) is 1.74. The first kappa shape index (κ1) is 14.8. The van der Waals surface area contributed by atoms with Crippen LogP contribution in [-0.4, -0.2) is 23.0 Å². The highest BCUT2D eigenvalue weighted by Crippen LogP contribution is 2.40. The van der Waals surface area contributed by atoms with Crippen molar-refractivity contribution in [2.75, 3.05) is 5.32 Å². The number of hydrogen-bond acceptors (Lipinski definition) is 3. The first-order valence-electron chi connectivity index (χ1n) is 6.44. The highest BCUT2D eigenvalue weighted by atomic mass is 79.9. The van der Waals surface area contributed by atoms with Crippen LogP contribution in [0.15, 0.2) is 22.7 Å². The van der Waals surface area contributed by atoms with E-state index in [1.807, 2.05) is 0 Å². The number of primary amides is 1. The second-order valence-corrected chi connectivity index (χ2v) is 6.28. The monoisotopic (exact) mass is 340 g/mol. The zero-order chi connectivity index (χ0) is 14.9. The number of carbonyl (C=O) groups is 2. The molecule has 108 valence electrons. The number of benzene rings is 1. The van der Waals surface area contributed by atoms with Crippen molar-refractivity contribution in [3.63, 3.8) is 0 Å². The molecule has 0 aromatic heterocycles. The number of halogens is 1. The van der Waals surface area contributed by atoms with Crippen LogP contribution in [0.3, 0.4) is 0 Å². The molecular weight excluding hydrogens is 324 g/mol. The van der Waals surface area contributed by atoms with Crippen LogP contribution in [0.5, 0.6) is 0 Å². The first-order chi connectivity index (χ1) is 9.34. The van der Waals surface area contributed by atoms with E-state index in [2.05, 4.69) is 21.2 Å². The van der Waals surface area contributed by atoms with Gasteiger partial charge in [-0.15, -0.1) is 0 Å². The Kier molecular flexibility index (Phi) is 4.04. The van der Waals surface area contributed by atoms with Gasteiger partial charge in [0.05, 0.1) is 11.0 Å². The fourth-order valence-corrected chi connectivity index (χ4v) is 3.05. The van der Waals surface area contributed by atoms with Gasteiger partial charge in [-0.05, 0) is 38.0 Å². The molecule has 0 heterocycles. The molecule has 0 radical (unpaired) electrons. The van der Waals surface area contributed by atoms with Crippen molar-refractivity contribution in [2.45, 2.75) is 32.2 Å². The van der Waals surface area contributed by atoms with Crippen molar-refractivity contribution in [1.82, 2.24) is 0 Å². The van der Waals surface area contributed by atoms with Crippen LogP contribution >= 0.6 is 15.9 Å². The number of amides is 1. The molecule has 1 amide bonds. The maximum atomic E-state index is 11.5. The number of carboxylic acids is 1. The molecule has 0 aliphatic heterocycles. The van der Waals surface area contributed by atoms with Gasteiger partial charge in [0.2, 0.25) is 0 Å². The highest BCUT2D eigenvalue weighted by Gasteiger charge is 2.45. The minimum Gasteiger partial charge on any atom is -0.481 e. The van der Waals surface area contributed by atoms with Gasteiger partial charge in [-0.1, -0.05) is 22.4 Å². The molecule has 1 aliphatic carbocycles. The lowest BCUT2D eigenvalue weighted by atomic mass is 9.84. The van der Waals surface area contributed by atoms with Gasteiger partial charge in [-0.3, -0.25) is 9.59 Å². The Morgan fingerprint density at radius 2 is 2.20 bits per heavy atom. The molecule has 2 rings (SSSR count). The van der Waals surface area contributed by atoms with Crippen LogP contribution in [0.25, 0.3) is 0 Å². The van der Waals surface area contributed by atoms with Crippen molar-refractivity contribution < 1.29 is 14.7 Å². The Bertz CT molecular complexity index is 561. The van der Waals surface area contributed by atoms with E-state index >= 15 is 0 Å². The van der Waals surface area contributed by atoms with Gasteiger partial charge < -0.3 is 16.2 Å². The molecular formula is C14H17BrN2O3. The summed E-state index contributed by atoms with van der Waals surface area (Å²) in [7, 11) is 0. The fraction of sp³-hybridized carbons (Fsp3) is 0.429. The topological polar surface area (TPSA) is 92.4 Å². The third-order valence-corrected chi connectivity index (χ3v) is 4.52. The van der Waals surface area contributed by atoms with Crippen molar-refractivity contribution in [3.8, 4) is 0 Å². The summed E-state index contributed by atoms with van der Waals surface area (Å²) in [6.07, 6.45) is 2.23. The summed E-state index contributed by atoms with van der Waals surface area (Å²) in [5, 5.41) is 12.6. The maximum absolute atomic E-state index is 11.5. The zero-order valence-electron chi connectivity index (χ0n) is 11.1. The molecule has 4 N–H and O–H groups in total. The SMILES string of the molecule is CC1(C(=O)O)CCCC1Nc1cc(Br)ccc1C(N)=O. The maximum Gasteiger partial charge on any atom is 0.311 e. The Morgan fingerprint density at radius 3 is 2.80 bits per heavy atom. The van der Waals surface area contributed by atoms with Crippen LogP contribution in [0.4, 0.5) is 5.69 Å². The third-order valence-electron chi connectivity index (χ3n) is 4.02. The van der Waals surface area contributed by atoms with E-state index in [0.29, 0.717) is 17.7 Å². The van der Waals surface area contributed by atoms with Gasteiger partial charge in [0, 0.05) is 16.2 Å². The predicted molar refractivity (Wildman–Crippen MR) is 79.7 cm³/mol. The summed E-state index contributed by atoms with van der Waals surface area (Å²) in [5.41, 5.74) is 5.48. The van der Waals surface area contributed by atoms with Crippen molar-refractivity contribution in [3.05, 3.63) is 28.2 Å². The van der Waals surface area contributed by atoms with Gasteiger partial charge in [0.1, 0.15) is 0 Å². The lowest BCUT2D eigenvalue weighted by molar-refractivity contribution is -0.147. The number of rotatable bonds is 4. The number of anilines is 1. The van der Waals surface area contributed by atoms with Crippen molar-refractivity contribution in [2.24, 2.45) is 11.1 Å². The lowest BCUT2D eigenvalue weighted by Gasteiger charge is -2.29. The van der Waals surface area contributed by atoms with Crippen LogP contribution in [0.2, 0.25) is 0 Å². The standard InChI is InChI=1S/C14H17BrN2O3/c1-14(13(19)20)6-2-3-11(14)17-10-7-8(15)4-5-9(10)12(16)18/h4-5,7,11,17H,2-3,6H2,1H3,(H2,16,18)(H,19,20). The summed E-state index contributed by atoms with van der Waals surface area (Å²) < 4.78 is 0.806. The van der Waals surface area contributed by atoms with Crippen molar-refractivity contribution >= 4 is 33.5 Å². The molecule has 2 unspecified atom stereocenters. The van der Waals surface area contributed by atoms with Gasteiger partial charge in [0.25, 0.3) is 5.91 Å². The van der Waals surface area contributed by atoms with E-state index < -0.39 is 17.3 Å². The van der Waals surface area contributed by atoms with Crippen LogP contribution in [0, 0.1) is 5.41 Å². The lowest BCUT2D eigenvalue weighted by Crippen LogP contribution is -2.40. The largest absolute Gasteiger partial charge is 0.481 e. The molecule has 6 heteroatoms. The smallest absolute Gasteiger partial charge is 0.311 e. The van der Waals surface area contributed by atoms with Gasteiger partial charge in [-0.25, -0.2) is 0 Å². The molecule has 20 heavy (non-hydrogen) atoms. The molecule has 1 aromatic carbocycles. The Labute approximate surface area is 125 Å². The molecule has 0 spiro atoms. The molecule has 0 saturated heterocycles. The van der Waals surface area contributed by atoms with Crippen LogP contribution < -0.4 is 11.1 Å². The summed E-state index contributed by atoms with van der Waals surface area (Å²) in [4.78, 5) is 22.9. The first-order valence-corrected chi connectivity index (χ1v) is 7.23. The van der Waals surface area contributed by atoms with E-state index in [-0.39, 0.29) is 6.04 Å². The van der Waals surface area contributed by atoms with Crippen LogP contribution in [0.1, 0.15) is 36.5 Å². The van der Waals surface area contributed by atoms with Gasteiger partial charge in [-0.2, -0.15) is 0 Å². The average molecular weight is 341 g/mol. The molecule has 0 bridgehead atoms. The molecule has 1 aliphatic rings. The average Bonchev–Trinajstić information content (AvgIpc) is 2.72. The Hall–Kier alpha value is -1.56. The fourth-order valence-electron chi connectivity index (χ4n) is 2.69. The molecule has 1 fully saturated rings. The number of nitrogens with two attached hydrogens (primary N) is 1. The zero-order valence-corrected chi connectivity index (χ0v) is 12.7. The number of nitrogens with one attached hydrogen (secondary N) is 1. The third kappa shape index (κ3) is 2.65. The minimum atomic E-state index is -0.822. The number of carboxylic acid groups (broad SMARTS) is 1. The minimum absolute atomic E-state index is 0.215. The Morgan fingerprint density at radius 1 is 1.50 bits per heavy atom. The second kappa shape index (κ2) is 5.44. The highest BCUT2D eigenvalue weighted by molar-refractivity contribution is 9.10. The Balaban J connectivity index is 2.32.